The molecule has 148 valence electrons. The topological polar surface area (TPSA) is 54.4 Å². The van der Waals surface area contributed by atoms with E-state index in [0.29, 0.717) is 12.3 Å². The van der Waals surface area contributed by atoms with Gasteiger partial charge in [-0.05, 0) is 59.3 Å². The average molecular weight is 375 g/mol. The molecule has 5 heteroatoms. The van der Waals surface area contributed by atoms with E-state index in [1.807, 2.05) is 0 Å². The Balaban J connectivity index is 4.05. The van der Waals surface area contributed by atoms with E-state index in [-0.39, 0.29) is 5.75 Å². The van der Waals surface area contributed by atoms with Crippen LogP contribution in [0.1, 0.15) is 66.2 Å². The summed E-state index contributed by atoms with van der Waals surface area (Å²) >= 11 is 0. The molecule has 0 radical (unpaired) electrons. The molecule has 0 bridgehead atoms. The van der Waals surface area contributed by atoms with E-state index in [1.54, 1.807) is 0 Å². The Labute approximate surface area is 156 Å². The summed E-state index contributed by atoms with van der Waals surface area (Å²) in [5.74, 6) is 0.512. The summed E-state index contributed by atoms with van der Waals surface area (Å²) in [7, 11) is 0.584. The molecule has 0 saturated heterocycles. The number of hydrogen-bond donors (Lipinski definition) is 1. The highest BCUT2D eigenvalue weighted by molar-refractivity contribution is 7.85. The van der Waals surface area contributed by atoms with Crippen LogP contribution in [-0.4, -0.2) is 50.4 Å². The smallest absolute Gasteiger partial charge is 0.264 e. The quantitative estimate of drug-likeness (QED) is 0.217. The predicted octanol–water partition coefficient (Wildman–Crippen LogP) is 4.84. The van der Waals surface area contributed by atoms with Crippen LogP contribution in [0, 0.1) is 5.92 Å². The van der Waals surface area contributed by atoms with Crippen LogP contribution in [0.5, 0.6) is 0 Å². The van der Waals surface area contributed by atoms with Crippen LogP contribution in [0.4, 0.5) is 0 Å². The van der Waals surface area contributed by atoms with E-state index >= 15 is 0 Å². The fourth-order valence-corrected chi connectivity index (χ4v) is 3.72. The summed E-state index contributed by atoms with van der Waals surface area (Å²) in [5, 5.41) is 0. The SMILES string of the molecule is CC(C)=CCC/C(C)=C/CCC(C)C[N+](C)(C)CCCCS(=O)(=O)O. The molecule has 0 aliphatic rings. The van der Waals surface area contributed by atoms with Gasteiger partial charge in [0.15, 0.2) is 0 Å². The first-order valence-electron chi connectivity index (χ1n) is 9.47. The molecular weight excluding hydrogens is 334 g/mol. The van der Waals surface area contributed by atoms with Crippen molar-refractivity contribution in [2.45, 2.75) is 66.2 Å². The zero-order valence-corrected chi connectivity index (χ0v) is 18.0. The molecule has 0 aliphatic heterocycles. The Bertz CT molecular complexity index is 529. The molecule has 0 fully saturated rings. The fraction of sp³-hybridized carbons (Fsp3) is 0.800. The first kappa shape index (κ1) is 24.4. The van der Waals surface area contributed by atoms with Crippen molar-refractivity contribution in [3.63, 3.8) is 0 Å². The van der Waals surface area contributed by atoms with Gasteiger partial charge in [0.1, 0.15) is 0 Å². The van der Waals surface area contributed by atoms with Gasteiger partial charge in [-0.25, -0.2) is 0 Å². The highest BCUT2D eigenvalue weighted by Gasteiger charge is 2.19. The fourth-order valence-electron chi connectivity index (χ4n) is 3.16. The maximum atomic E-state index is 10.7. The summed E-state index contributed by atoms with van der Waals surface area (Å²) in [6, 6.07) is 0. The van der Waals surface area contributed by atoms with E-state index in [1.165, 1.54) is 17.6 Å². The van der Waals surface area contributed by atoms with E-state index in [4.69, 9.17) is 4.55 Å². The highest BCUT2D eigenvalue weighted by atomic mass is 32.2. The molecule has 0 aliphatic carbocycles. The zero-order valence-electron chi connectivity index (χ0n) is 17.2. The van der Waals surface area contributed by atoms with E-state index < -0.39 is 10.1 Å². The lowest BCUT2D eigenvalue weighted by Crippen LogP contribution is -2.43. The lowest BCUT2D eigenvalue weighted by Gasteiger charge is -2.32. The summed E-state index contributed by atoms with van der Waals surface area (Å²) in [6.07, 6.45) is 10.6. The molecule has 1 atom stereocenters. The van der Waals surface area contributed by atoms with Crippen LogP contribution in [0.2, 0.25) is 0 Å². The number of unbranched alkanes of at least 4 members (excludes halogenated alkanes) is 1. The highest BCUT2D eigenvalue weighted by Crippen LogP contribution is 2.15. The zero-order chi connectivity index (χ0) is 19.5. The normalized spacial score (nSPS) is 14.4. The maximum Gasteiger partial charge on any atom is 0.264 e. The third kappa shape index (κ3) is 16.6. The monoisotopic (exact) mass is 374 g/mol. The number of quaternary nitrogens is 1. The molecule has 0 aromatic carbocycles. The van der Waals surface area contributed by atoms with Crippen LogP contribution >= 0.6 is 0 Å². The standard InChI is InChI=1S/C20H39NO3S/c1-18(2)11-9-12-19(3)13-10-14-20(4)17-21(5,6)15-7-8-16-25(22,23)24/h11,13,20H,7-10,12,14-17H2,1-6H3/p+1/b19-13+. The second kappa shape index (κ2) is 11.9. The van der Waals surface area contributed by atoms with Crippen molar-refractivity contribution in [1.29, 1.82) is 0 Å². The Morgan fingerprint density at radius 2 is 1.72 bits per heavy atom. The summed E-state index contributed by atoms with van der Waals surface area (Å²) in [5.41, 5.74) is 2.86. The number of allylic oxidation sites excluding steroid dienone is 4. The lowest BCUT2D eigenvalue weighted by atomic mass is 10.0. The van der Waals surface area contributed by atoms with Crippen LogP contribution in [0.25, 0.3) is 0 Å². The van der Waals surface area contributed by atoms with Crippen LogP contribution in [0.3, 0.4) is 0 Å². The van der Waals surface area contributed by atoms with Crippen molar-refractivity contribution in [3.8, 4) is 0 Å². The van der Waals surface area contributed by atoms with Crippen LogP contribution < -0.4 is 0 Å². The van der Waals surface area contributed by atoms with Gasteiger partial charge in [0, 0.05) is 5.92 Å². The van der Waals surface area contributed by atoms with Crippen LogP contribution in [0.15, 0.2) is 23.3 Å². The molecule has 0 saturated carbocycles. The molecule has 0 aromatic heterocycles. The second-order valence-electron chi connectivity index (χ2n) is 8.39. The maximum absolute atomic E-state index is 10.7. The van der Waals surface area contributed by atoms with Crippen molar-refractivity contribution < 1.29 is 17.5 Å². The van der Waals surface area contributed by atoms with Gasteiger partial charge in [-0.3, -0.25) is 4.55 Å². The summed E-state index contributed by atoms with van der Waals surface area (Å²) in [6.45, 7) is 10.8. The molecule has 1 N–H and O–H groups in total. The third-order valence-electron chi connectivity index (χ3n) is 4.47. The number of hydrogen-bond acceptors (Lipinski definition) is 2. The van der Waals surface area contributed by atoms with Gasteiger partial charge >= 0.3 is 0 Å². The van der Waals surface area contributed by atoms with Gasteiger partial charge in [-0.2, -0.15) is 8.42 Å². The van der Waals surface area contributed by atoms with Gasteiger partial charge in [-0.15, -0.1) is 0 Å². The minimum absolute atomic E-state index is 0.126. The molecule has 1 unspecified atom stereocenters. The Morgan fingerprint density at radius 3 is 2.28 bits per heavy atom. The van der Waals surface area contributed by atoms with E-state index in [0.717, 1.165) is 43.3 Å². The molecule has 0 heterocycles. The number of rotatable bonds is 13. The van der Waals surface area contributed by atoms with E-state index in [2.05, 4.69) is 53.9 Å². The van der Waals surface area contributed by atoms with Gasteiger partial charge < -0.3 is 4.48 Å². The van der Waals surface area contributed by atoms with Gasteiger partial charge in [-0.1, -0.05) is 30.2 Å². The third-order valence-corrected chi connectivity index (χ3v) is 5.27. The minimum Gasteiger partial charge on any atom is -0.328 e. The number of nitrogens with zero attached hydrogens (tertiary/aromatic N) is 1. The summed E-state index contributed by atoms with van der Waals surface area (Å²) in [4.78, 5) is 0. The van der Waals surface area contributed by atoms with Crippen LogP contribution in [-0.2, 0) is 10.1 Å². The molecule has 0 amide bonds. The Hall–Kier alpha value is -0.650. The molecule has 0 rings (SSSR count). The first-order chi connectivity index (χ1) is 11.4. The lowest BCUT2D eigenvalue weighted by molar-refractivity contribution is -0.893. The van der Waals surface area contributed by atoms with Crippen molar-refractivity contribution >= 4 is 10.1 Å². The predicted molar refractivity (Wildman–Crippen MR) is 108 cm³/mol. The molecular formula is C20H40NO3S+. The molecule has 25 heavy (non-hydrogen) atoms. The Morgan fingerprint density at radius 1 is 1.08 bits per heavy atom. The Kier molecular flexibility index (Phi) is 11.6. The van der Waals surface area contributed by atoms with Crippen molar-refractivity contribution in [2.75, 3.05) is 32.9 Å². The second-order valence-corrected chi connectivity index (χ2v) is 9.96. The van der Waals surface area contributed by atoms with Crippen molar-refractivity contribution in [1.82, 2.24) is 0 Å². The molecule has 4 nitrogen and oxygen atoms in total. The average Bonchev–Trinajstić information content (AvgIpc) is 2.41. The minimum atomic E-state index is -3.81. The molecule has 0 aromatic rings. The van der Waals surface area contributed by atoms with Gasteiger partial charge in [0.2, 0.25) is 0 Å². The van der Waals surface area contributed by atoms with Crippen molar-refractivity contribution in [3.05, 3.63) is 23.3 Å². The first-order valence-corrected chi connectivity index (χ1v) is 11.1. The summed E-state index contributed by atoms with van der Waals surface area (Å²) < 4.78 is 31.2. The van der Waals surface area contributed by atoms with Crippen molar-refractivity contribution in [2.24, 2.45) is 5.92 Å². The largest absolute Gasteiger partial charge is 0.328 e. The van der Waals surface area contributed by atoms with E-state index in [9.17, 15) is 8.42 Å². The van der Waals surface area contributed by atoms with Gasteiger partial charge in [0.25, 0.3) is 10.1 Å². The van der Waals surface area contributed by atoms with Gasteiger partial charge in [0.05, 0.1) is 32.9 Å². The molecule has 0 spiro atoms.